The number of benzene rings is 2. The van der Waals surface area contributed by atoms with E-state index < -0.39 is 0 Å². The highest BCUT2D eigenvalue weighted by atomic mass is 79.9. The number of hydrogen-bond donors (Lipinski definition) is 1. The van der Waals surface area contributed by atoms with Crippen LogP contribution in [0.5, 0.6) is 5.75 Å². The first kappa shape index (κ1) is 13.1. The van der Waals surface area contributed by atoms with Crippen LogP contribution in [0.4, 0.5) is 4.39 Å². The Kier molecular flexibility index (Phi) is 4.33. The van der Waals surface area contributed by atoms with Crippen LogP contribution in [0.2, 0.25) is 0 Å². The minimum absolute atomic E-state index is 0.313. The zero-order chi connectivity index (χ0) is 13.0. The summed E-state index contributed by atoms with van der Waals surface area (Å²) in [6, 6.07) is 12.2. The number of hydrogen-bond acceptors (Lipinski definition) is 2. The van der Waals surface area contributed by atoms with Crippen molar-refractivity contribution in [2.24, 2.45) is 5.73 Å². The van der Waals surface area contributed by atoms with E-state index in [-0.39, 0.29) is 5.82 Å². The fraction of sp³-hybridized carbons (Fsp3) is 0.143. The third-order valence-corrected chi connectivity index (χ3v) is 3.20. The second-order valence-electron chi connectivity index (χ2n) is 3.88. The van der Waals surface area contributed by atoms with Crippen molar-refractivity contribution in [3.63, 3.8) is 0 Å². The van der Waals surface area contributed by atoms with Gasteiger partial charge in [-0.05, 0) is 39.2 Å². The van der Waals surface area contributed by atoms with Gasteiger partial charge in [0.05, 0.1) is 4.47 Å². The van der Waals surface area contributed by atoms with E-state index in [1.54, 1.807) is 6.07 Å². The zero-order valence-electron chi connectivity index (χ0n) is 9.70. The van der Waals surface area contributed by atoms with Crippen molar-refractivity contribution >= 4 is 15.9 Å². The first-order chi connectivity index (χ1) is 8.69. The molecule has 0 fully saturated rings. The van der Waals surface area contributed by atoms with Crippen LogP contribution < -0.4 is 10.5 Å². The lowest BCUT2D eigenvalue weighted by Crippen LogP contribution is -1.99. The monoisotopic (exact) mass is 309 g/mol. The molecule has 4 heteroatoms. The topological polar surface area (TPSA) is 35.2 Å². The SMILES string of the molecule is NCc1ccc(COc2cc(F)ccc2Br)cc1. The summed E-state index contributed by atoms with van der Waals surface area (Å²) in [5.41, 5.74) is 7.61. The van der Waals surface area contributed by atoms with Crippen LogP contribution in [0.1, 0.15) is 11.1 Å². The molecule has 0 radical (unpaired) electrons. The number of nitrogens with two attached hydrogens (primary N) is 1. The molecule has 0 unspecified atom stereocenters. The smallest absolute Gasteiger partial charge is 0.136 e. The van der Waals surface area contributed by atoms with E-state index >= 15 is 0 Å². The Balaban J connectivity index is 2.04. The lowest BCUT2D eigenvalue weighted by molar-refractivity contribution is 0.302. The molecule has 0 bridgehead atoms. The molecule has 2 nitrogen and oxygen atoms in total. The van der Waals surface area contributed by atoms with Crippen molar-refractivity contribution < 1.29 is 9.13 Å². The van der Waals surface area contributed by atoms with Crippen molar-refractivity contribution in [2.45, 2.75) is 13.2 Å². The molecular formula is C14H13BrFNO. The first-order valence-corrected chi connectivity index (χ1v) is 6.34. The lowest BCUT2D eigenvalue weighted by atomic mass is 10.1. The highest BCUT2D eigenvalue weighted by molar-refractivity contribution is 9.10. The molecule has 0 heterocycles. The van der Waals surface area contributed by atoms with Crippen LogP contribution in [0.25, 0.3) is 0 Å². The Bertz CT molecular complexity index is 528. The summed E-state index contributed by atoms with van der Waals surface area (Å²) in [6.07, 6.45) is 0. The first-order valence-electron chi connectivity index (χ1n) is 5.55. The quantitative estimate of drug-likeness (QED) is 0.936. The number of halogens is 2. The maximum Gasteiger partial charge on any atom is 0.136 e. The summed E-state index contributed by atoms with van der Waals surface area (Å²) >= 11 is 3.32. The van der Waals surface area contributed by atoms with E-state index in [1.807, 2.05) is 24.3 Å². The summed E-state index contributed by atoms with van der Waals surface area (Å²) in [6.45, 7) is 0.920. The third kappa shape index (κ3) is 3.31. The third-order valence-electron chi connectivity index (χ3n) is 2.55. The molecule has 2 aromatic carbocycles. The van der Waals surface area contributed by atoms with Gasteiger partial charge in [-0.2, -0.15) is 0 Å². The Labute approximate surface area is 114 Å². The second kappa shape index (κ2) is 5.98. The van der Waals surface area contributed by atoms with Crippen LogP contribution in [-0.2, 0) is 13.2 Å². The molecule has 2 rings (SSSR count). The lowest BCUT2D eigenvalue weighted by Gasteiger charge is -2.08. The van der Waals surface area contributed by atoms with Gasteiger partial charge in [0.15, 0.2) is 0 Å². The largest absolute Gasteiger partial charge is 0.488 e. The molecule has 0 saturated heterocycles. The molecule has 0 aliphatic carbocycles. The average Bonchev–Trinajstić information content (AvgIpc) is 2.40. The van der Waals surface area contributed by atoms with Gasteiger partial charge in [0.25, 0.3) is 0 Å². The maximum atomic E-state index is 13.1. The van der Waals surface area contributed by atoms with Crippen LogP contribution in [0.3, 0.4) is 0 Å². The molecule has 18 heavy (non-hydrogen) atoms. The van der Waals surface area contributed by atoms with Crippen molar-refractivity contribution in [3.8, 4) is 5.75 Å². The maximum absolute atomic E-state index is 13.1. The molecule has 0 amide bonds. The van der Waals surface area contributed by atoms with Crippen molar-refractivity contribution in [1.29, 1.82) is 0 Å². The average molecular weight is 310 g/mol. The van der Waals surface area contributed by atoms with E-state index in [4.69, 9.17) is 10.5 Å². The van der Waals surface area contributed by atoms with Gasteiger partial charge < -0.3 is 10.5 Å². The Morgan fingerprint density at radius 1 is 1.06 bits per heavy atom. The minimum atomic E-state index is -0.313. The normalized spacial score (nSPS) is 10.4. The molecule has 0 atom stereocenters. The van der Waals surface area contributed by atoms with E-state index in [0.29, 0.717) is 18.9 Å². The van der Waals surface area contributed by atoms with E-state index in [9.17, 15) is 4.39 Å². The molecule has 0 saturated carbocycles. The predicted octanol–water partition coefficient (Wildman–Crippen LogP) is 3.63. The minimum Gasteiger partial charge on any atom is -0.488 e. The van der Waals surface area contributed by atoms with Gasteiger partial charge in [-0.25, -0.2) is 4.39 Å². The van der Waals surface area contributed by atoms with E-state index in [1.165, 1.54) is 12.1 Å². The van der Waals surface area contributed by atoms with Crippen LogP contribution in [0.15, 0.2) is 46.9 Å². The summed E-state index contributed by atoms with van der Waals surface area (Å²) < 4.78 is 19.4. The highest BCUT2D eigenvalue weighted by Crippen LogP contribution is 2.26. The van der Waals surface area contributed by atoms with Gasteiger partial charge in [0.2, 0.25) is 0 Å². The molecule has 2 N–H and O–H groups in total. The van der Waals surface area contributed by atoms with Crippen molar-refractivity contribution in [3.05, 3.63) is 63.9 Å². The van der Waals surface area contributed by atoms with Gasteiger partial charge in [0, 0.05) is 12.6 Å². The van der Waals surface area contributed by atoms with Crippen LogP contribution >= 0.6 is 15.9 Å². The summed E-state index contributed by atoms with van der Waals surface area (Å²) in [7, 11) is 0. The Morgan fingerprint density at radius 3 is 2.39 bits per heavy atom. The molecular weight excluding hydrogens is 297 g/mol. The molecule has 94 valence electrons. The van der Waals surface area contributed by atoms with Crippen molar-refractivity contribution in [2.75, 3.05) is 0 Å². The Morgan fingerprint density at radius 2 is 1.72 bits per heavy atom. The van der Waals surface area contributed by atoms with E-state index in [0.717, 1.165) is 15.6 Å². The van der Waals surface area contributed by atoms with Crippen LogP contribution in [0, 0.1) is 5.82 Å². The Hall–Kier alpha value is -1.39. The summed E-state index contributed by atoms with van der Waals surface area (Å²) in [5.74, 6) is 0.185. The van der Waals surface area contributed by atoms with Gasteiger partial charge in [-0.1, -0.05) is 24.3 Å². The second-order valence-corrected chi connectivity index (χ2v) is 4.74. The number of ether oxygens (including phenoxy) is 1. The van der Waals surface area contributed by atoms with Crippen LogP contribution in [-0.4, -0.2) is 0 Å². The van der Waals surface area contributed by atoms with Gasteiger partial charge in [0.1, 0.15) is 18.2 Å². The molecule has 0 aliphatic rings. The predicted molar refractivity (Wildman–Crippen MR) is 72.8 cm³/mol. The van der Waals surface area contributed by atoms with E-state index in [2.05, 4.69) is 15.9 Å². The molecule has 2 aromatic rings. The van der Waals surface area contributed by atoms with Crippen molar-refractivity contribution in [1.82, 2.24) is 0 Å². The van der Waals surface area contributed by atoms with Gasteiger partial charge in [-0.15, -0.1) is 0 Å². The fourth-order valence-electron chi connectivity index (χ4n) is 1.52. The summed E-state index contributed by atoms with van der Waals surface area (Å²) in [4.78, 5) is 0. The molecule has 0 aliphatic heterocycles. The van der Waals surface area contributed by atoms with Gasteiger partial charge >= 0.3 is 0 Å². The standard InChI is InChI=1S/C14H13BrFNO/c15-13-6-5-12(16)7-14(13)18-9-11-3-1-10(8-17)2-4-11/h1-7H,8-9,17H2. The molecule has 0 aromatic heterocycles. The zero-order valence-corrected chi connectivity index (χ0v) is 11.3. The highest BCUT2D eigenvalue weighted by Gasteiger charge is 2.03. The summed E-state index contributed by atoms with van der Waals surface area (Å²) in [5, 5.41) is 0. The molecule has 0 spiro atoms. The number of rotatable bonds is 4. The fourth-order valence-corrected chi connectivity index (χ4v) is 1.88. The van der Waals surface area contributed by atoms with Gasteiger partial charge in [-0.3, -0.25) is 0 Å².